The molecule has 0 atom stereocenters. The van der Waals surface area contributed by atoms with Gasteiger partial charge in [-0.25, -0.2) is 0 Å². The number of pyridine rings is 1. The summed E-state index contributed by atoms with van der Waals surface area (Å²) in [5.74, 6) is 0. The van der Waals surface area contributed by atoms with Gasteiger partial charge in [0.25, 0.3) is 0 Å². The van der Waals surface area contributed by atoms with E-state index in [-0.39, 0.29) is 32.7 Å². The Kier molecular flexibility index (Phi) is 3.98. The SMILES string of the molecule is NCc1[c-]nc2ccccc2c1.[Y]. The summed E-state index contributed by atoms with van der Waals surface area (Å²) in [7, 11) is 0. The van der Waals surface area contributed by atoms with Crippen LogP contribution in [-0.2, 0) is 39.3 Å². The molecular weight excluding hydrogens is 237 g/mol. The van der Waals surface area contributed by atoms with Gasteiger partial charge in [-0.1, -0.05) is 30.5 Å². The molecule has 2 rings (SSSR count). The van der Waals surface area contributed by atoms with E-state index in [4.69, 9.17) is 5.73 Å². The Balaban J connectivity index is 0.000000845. The molecule has 0 fully saturated rings. The smallest absolute Gasteiger partial charge is 0 e. The van der Waals surface area contributed by atoms with E-state index in [9.17, 15) is 0 Å². The summed E-state index contributed by atoms with van der Waals surface area (Å²) in [6, 6.07) is 9.96. The predicted octanol–water partition coefficient (Wildman–Crippen LogP) is 1.49. The van der Waals surface area contributed by atoms with E-state index in [1.807, 2.05) is 30.3 Å². The van der Waals surface area contributed by atoms with Gasteiger partial charge in [-0.15, -0.1) is 10.9 Å². The van der Waals surface area contributed by atoms with Crippen molar-refractivity contribution in [1.29, 1.82) is 0 Å². The molecule has 0 unspecified atom stereocenters. The zero-order chi connectivity index (χ0) is 8.39. The van der Waals surface area contributed by atoms with Crippen LogP contribution in [0.4, 0.5) is 0 Å². The summed E-state index contributed by atoms with van der Waals surface area (Å²) in [5.41, 5.74) is 7.39. The summed E-state index contributed by atoms with van der Waals surface area (Å²) in [5, 5.41) is 1.12. The molecule has 0 aliphatic carbocycles. The van der Waals surface area contributed by atoms with Crippen molar-refractivity contribution in [1.82, 2.24) is 4.98 Å². The third kappa shape index (κ3) is 2.33. The van der Waals surface area contributed by atoms with Crippen LogP contribution >= 0.6 is 0 Å². The van der Waals surface area contributed by atoms with Crippen molar-refractivity contribution in [3.63, 3.8) is 0 Å². The van der Waals surface area contributed by atoms with Gasteiger partial charge in [0.15, 0.2) is 0 Å². The Morgan fingerprint density at radius 1 is 1.31 bits per heavy atom. The fourth-order valence-corrected chi connectivity index (χ4v) is 1.17. The predicted molar refractivity (Wildman–Crippen MR) is 48.5 cm³/mol. The normalized spacial score (nSPS) is 9.62. The number of aromatic nitrogens is 1. The summed E-state index contributed by atoms with van der Waals surface area (Å²) in [6.45, 7) is 0.498. The van der Waals surface area contributed by atoms with Crippen molar-refractivity contribution in [3.8, 4) is 0 Å². The van der Waals surface area contributed by atoms with Crippen molar-refractivity contribution in [2.24, 2.45) is 5.73 Å². The van der Waals surface area contributed by atoms with E-state index in [0.29, 0.717) is 6.54 Å². The van der Waals surface area contributed by atoms with Gasteiger partial charge in [-0.05, 0) is 12.1 Å². The number of fused-ring (bicyclic) bond motifs is 1. The molecule has 1 aromatic heterocycles. The number of para-hydroxylation sites is 1. The molecule has 0 aliphatic rings. The van der Waals surface area contributed by atoms with Crippen LogP contribution in [-0.4, -0.2) is 4.98 Å². The van der Waals surface area contributed by atoms with Crippen LogP contribution in [0.15, 0.2) is 30.3 Å². The van der Waals surface area contributed by atoms with Crippen molar-refractivity contribution in [3.05, 3.63) is 42.1 Å². The molecule has 0 spiro atoms. The van der Waals surface area contributed by atoms with Crippen LogP contribution < -0.4 is 5.73 Å². The van der Waals surface area contributed by atoms with Gasteiger partial charge < -0.3 is 10.7 Å². The van der Waals surface area contributed by atoms with Crippen molar-refractivity contribution >= 4 is 10.9 Å². The van der Waals surface area contributed by atoms with Crippen LogP contribution in [0, 0.1) is 6.20 Å². The average molecular weight is 246 g/mol. The zero-order valence-corrected chi connectivity index (χ0v) is 10.0. The molecule has 1 heterocycles. The molecule has 1 radical (unpaired) electrons. The number of hydrogen-bond donors (Lipinski definition) is 1. The van der Waals surface area contributed by atoms with E-state index in [1.165, 1.54) is 0 Å². The molecule has 1 aromatic carbocycles. The van der Waals surface area contributed by atoms with Gasteiger partial charge in [-0.3, -0.25) is 0 Å². The summed E-state index contributed by atoms with van der Waals surface area (Å²) in [6.07, 6.45) is 2.89. The van der Waals surface area contributed by atoms with Gasteiger partial charge in [0.1, 0.15) is 0 Å². The number of benzene rings is 1. The minimum Gasteiger partial charge on any atom is -0.386 e. The van der Waals surface area contributed by atoms with Crippen molar-refractivity contribution in [2.75, 3.05) is 0 Å². The molecule has 0 amide bonds. The van der Waals surface area contributed by atoms with E-state index < -0.39 is 0 Å². The first-order valence-electron chi connectivity index (χ1n) is 3.86. The van der Waals surface area contributed by atoms with Crippen LogP contribution in [0.5, 0.6) is 0 Å². The van der Waals surface area contributed by atoms with Gasteiger partial charge in [-0.2, -0.15) is 6.07 Å². The molecule has 3 heteroatoms. The molecule has 0 saturated heterocycles. The first-order valence-corrected chi connectivity index (χ1v) is 3.86. The van der Waals surface area contributed by atoms with Crippen LogP contribution in [0.3, 0.4) is 0 Å². The first kappa shape index (κ1) is 10.8. The van der Waals surface area contributed by atoms with E-state index >= 15 is 0 Å². The Bertz CT molecular complexity index is 401. The molecule has 0 bridgehead atoms. The number of nitrogens with two attached hydrogens (primary N) is 1. The largest absolute Gasteiger partial charge is 0.386 e. The Labute approximate surface area is 102 Å². The third-order valence-corrected chi connectivity index (χ3v) is 1.81. The topological polar surface area (TPSA) is 38.9 Å². The maximum atomic E-state index is 5.47. The minimum atomic E-state index is 0. The molecule has 0 aliphatic heterocycles. The van der Waals surface area contributed by atoms with E-state index in [2.05, 4.69) is 11.2 Å². The van der Waals surface area contributed by atoms with Gasteiger partial charge in [0.2, 0.25) is 0 Å². The Morgan fingerprint density at radius 3 is 2.85 bits per heavy atom. The number of rotatable bonds is 1. The maximum absolute atomic E-state index is 5.47. The molecule has 0 saturated carbocycles. The van der Waals surface area contributed by atoms with E-state index in [1.54, 1.807) is 0 Å². The first-order chi connectivity index (χ1) is 5.90. The standard InChI is InChI=1S/C10H9N2.Y/c11-6-8-5-9-3-1-2-4-10(9)12-7-8;/h1-5H,6,11H2;/q-1;. The van der Waals surface area contributed by atoms with E-state index in [0.717, 1.165) is 16.5 Å². The van der Waals surface area contributed by atoms with Crippen LogP contribution in [0.2, 0.25) is 0 Å². The van der Waals surface area contributed by atoms with Crippen molar-refractivity contribution < 1.29 is 32.7 Å². The van der Waals surface area contributed by atoms with Gasteiger partial charge >= 0.3 is 0 Å². The van der Waals surface area contributed by atoms with Gasteiger partial charge in [0.05, 0.1) is 0 Å². The number of hydrogen-bond acceptors (Lipinski definition) is 2. The zero-order valence-electron chi connectivity index (χ0n) is 7.20. The van der Waals surface area contributed by atoms with Crippen LogP contribution in [0.25, 0.3) is 10.9 Å². The van der Waals surface area contributed by atoms with Gasteiger partial charge in [0, 0.05) is 32.7 Å². The maximum Gasteiger partial charge on any atom is 0 e. The number of nitrogens with zero attached hydrogens (tertiary/aromatic N) is 1. The molecule has 2 aromatic rings. The van der Waals surface area contributed by atoms with Crippen LogP contribution in [0.1, 0.15) is 5.56 Å². The fraction of sp³-hybridized carbons (Fsp3) is 0.100. The molecule has 63 valence electrons. The quantitative estimate of drug-likeness (QED) is 0.774. The minimum absolute atomic E-state index is 0. The Hall–Kier alpha value is -0.306. The fourth-order valence-electron chi connectivity index (χ4n) is 1.17. The summed E-state index contributed by atoms with van der Waals surface area (Å²) >= 11 is 0. The summed E-state index contributed by atoms with van der Waals surface area (Å²) < 4.78 is 0. The second kappa shape index (κ2) is 4.80. The second-order valence-electron chi connectivity index (χ2n) is 2.66. The van der Waals surface area contributed by atoms with Crippen molar-refractivity contribution in [2.45, 2.75) is 6.54 Å². The molecule has 2 N–H and O–H groups in total. The average Bonchev–Trinajstić information content (AvgIpc) is 2.17. The molecule has 2 nitrogen and oxygen atoms in total. The Morgan fingerprint density at radius 2 is 2.08 bits per heavy atom. The molecular formula is C10H9N2Y-. The molecule has 13 heavy (non-hydrogen) atoms. The second-order valence-corrected chi connectivity index (χ2v) is 2.66. The monoisotopic (exact) mass is 246 g/mol. The summed E-state index contributed by atoms with van der Waals surface area (Å²) in [4.78, 5) is 4.15. The third-order valence-electron chi connectivity index (χ3n) is 1.81.